The quantitative estimate of drug-likeness (QED) is 0.758. The minimum absolute atomic E-state index is 0.504. The molecule has 0 saturated carbocycles. The van der Waals surface area contributed by atoms with Crippen LogP contribution in [-0.2, 0) is 0 Å². The van der Waals surface area contributed by atoms with Crippen LogP contribution in [0.25, 0.3) is 12.2 Å². The van der Waals surface area contributed by atoms with Crippen molar-refractivity contribution < 1.29 is 4.74 Å². The predicted molar refractivity (Wildman–Crippen MR) is 84.7 cm³/mol. The highest BCUT2D eigenvalue weighted by molar-refractivity contribution is 5.68. The minimum atomic E-state index is 0.504. The predicted octanol–water partition coefficient (Wildman–Crippen LogP) is 3.81. The van der Waals surface area contributed by atoms with Gasteiger partial charge in [0.1, 0.15) is 11.8 Å². The Labute approximate surface area is 129 Å². The monoisotopic (exact) mass is 289 g/mol. The van der Waals surface area contributed by atoms with Gasteiger partial charge in [-0.15, -0.1) is 0 Å². The van der Waals surface area contributed by atoms with E-state index in [9.17, 15) is 0 Å². The first-order chi connectivity index (χ1) is 10.8. The van der Waals surface area contributed by atoms with E-state index in [2.05, 4.69) is 11.1 Å². The van der Waals surface area contributed by atoms with Crippen molar-refractivity contribution in [1.29, 1.82) is 10.5 Å². The van der Waals surface area contributed by atoms with Gasteiger partial charge >= 0.3 is 0 Å². The number of pyridine rings is 1. The van der Waals surface area contributed by atoms with Crippen LogP contribution in [0.3, 0.4) is 0 Å². The van der Waals surface area contributed by atoms with Gasteiger partial charge in [-0.05, 0) is 42.3 Å². The van der Waals surface area contributed by atoms with Crippen molar-refractivity contribution in [2.45, 2.75) is 12.8 Å². The molecule has 0 radical (unpaired) electrons. The summed E-state index contributed by atoms with van der Waals surface area (Å²) in [5.74, 6) is 0.785. The third-order valence-electron chi connectivity index (χ3n) is 2.92. The molecule has 1 aromatic heterocycles. The molecule has 0 N–H and O–H groups in total. The Balaban J connectivity index is 1.98. The highest BCUT2D eigenvalue weighted by Crippen LogP contribution is 2.16. The molecule has 0 saturated heterocycles. The van der Waals surface area contributed by atoms with Crippen molar-refractivity contribution in [3.05, 3.63) is 59.4 Å². The van der Waals surface area contributed by atoms with E-state index in [4.69, 9.17) is 15.3 Å². The maximum absolute atomic E-state index is 8.73. The average Bonchev–Trinajstić information content (AvgIpc) is 2.58. The van der Waals surface area contributed by atoms with Crippen LogP contribution in [0.1, 0.15) is 29.7 Å². The van der Waals surface area contributed by atoms with E-state index in [0.29, 0.717) is 18.6 Å². The molecule has 0 aliphatic carbocycles. The summed E-state index contributed by atoms with van der Waals surface area (Å²) < 4.78 is 5.59. The lowest BCUT2D eigenvalue weighted by molar-refractivity contribution is 0.312. The summed E-state index contributed by atoms with van der Waals surface area (Å²) in [5.41, 5.74) is 2.34. The second kappa shape index (κ2) is 8.24. The van der Waals surface area contributed by atoms with Crippen LogP contribution >= 0.6 is 0 Å². The fourth-order valence-electron chi connectivity index (χ4n) is 1.80. The van der Waals surface area contributed by atoms with Gasteiger partial charge in [0.2, 0.25) is 0 Å². The number of hydrogen-bond donors (Lipinski definition) is 0. The Kier molecular flexibility index (Phi) is 5.72. The molecule has 1 heterocycles. The van der Waals surface area contributed by atoms with Crippen LogP contribution in [-0.4, -0.2) is 11.6 Å². The van der Waals surface area contributed by atoms with E-state index < -0.39 is 0 Å². The normalized spacial score (nSPS) is 10.1. The van der Waals surface area contributed by atoms with Crippen molar-refractivity contribution in [3.8, 4) is 17.9 Å². The van der Waals surface area contributed by atoms with Crippen molar-refractivity contribution in [1.82, 2.24) is 4.98 Å². The van der Waals surface area contributed by atoms with Crippen molar-refractivity contribution >= 4 is 12.2 Å². The molecule has 0 bridgehead atoms. The van der Waals surface area contributed by atoms with Crippen LogP contribution in [0, 0.1) is 22.7 Å². The second-order valence-corrected chi connectivity index (χ2v) is 4.60. The summed E-state index contributed by atoms with van der Waals surface area (Å²) >= 11 is 0. The van der Waals surface area contributed by atoms with Crippen LogP contribution in [0.2, 0.25) is 0 Å². The van der Waals surface area contributed by atoms with Crippen LogP contribution < -0.4 is 4.74 Å². The van der Waals surface area contributed by atoms with Gasteiger partial charge in [-0.3, -0.25) is 4.98 Å². The highest BCUT2D eigenvalue weighted by Gasteiger charge is 1.96. The van der Waals surface area contributed by atoms with E-state index in [1.165, 1.54) is 0 Å². The molecular formula is C18H15N3O. The number of aromatic nitrogens is 1. The second-order valence-electron chi connectivity index (χ2n) is 4.60. The molecule has 108 valence electrons. The summed E-state index contributed by atoms with van der Waals surface area (Å²) in [4.78, 5) is 4.19. The number of nitriles is 2. The highest BCUT2D eigenvalue weighted by atomic mass is 16.5. The molecule has 0 unspecified atom stereocenters. The van der Waals surface area contributed by atoms with Crippen molar-refractivity contribution in [2.24, 2.45) is 0 Å². The van der Waals surface area contributed by atoms with E-state index in [1.54, 1.807) is 18.3 Å². The summed E-state index contributed by atoms with van der Waals surface area (Å²) in [5, 5.41) is 17.2. The Morgan fingerprint density at radius 1 is 1.14 bits per heavy atom. The fourth-order valence-corrected chi connectivity index (χ4v) is 1.80. The largest absolute Gasteiger partial charge is 0.494 e. The van der Waals surface area contributed by atoms with Gasteiger partial charge in [-0.25, -0.2) is 0 Å². The number of unbranched alkanes of at least 4 members (excludes halogenated alkanes) is 1. The third kappa shape index (κ3) is 4.77. The molecule has 0 aliphatic rings. The molecule has 1 aromatic carbocycles. The standard InChI is InChI=1S/C18H15N3O/c19-10-1-2-11-22-18-5-3-4-15(12-18)6-8-17-9-7-16(13-20)14-21-17/h3-9,12,14H,1-2,11H2. The first-order valence-electron chi connectivity index (χ1n) is 6.96. The SMILES string of the molecule is N#CCCCOc1cccc(C=Cc2ccc(C#N)cn2)c1. The lowest BCUT2D eigenvalue weighted by atomic mass is 10.2. The minimum Gasteiger partial charge on any atom is -0.494 e. The van der Waals surface area contributed by atoms with Gasteiger partial charge in [-0.1, -0.05) is 18.2 Å². The molecular weight excluding hydrogens is 274 g/mol. The first-order valence-corrected chi connectivity index (χ1v) is 6.96. The first kappa shape index (κ1) is 15.3. The molecule has 2 aromatic rings. The maximum atomic E-state index is 8.73. The molecule has 0 spiro atoms. The van der Waals surface area contributed by atoms with Gasteiger partial charge in [-0.2, -0.15) is 10.5 Å². The molecule has 22 heavy (non-hydrogen) atoms. The maximum Gasteiger partial charge on any atom is 0.119 e. The Hall–Kier alpha value is -3.11. The number of rotatable bonds is 6. The summed E-state index contributed by atoms with van der Waals surface area (Å²) in [6, 6.07) is 15.4. The van der Waals surface area contributed by atoms with Crippen LogP contribution in [0.4, 0.5) is 0 Å². The number of ether oxygens (including phenoxy) is 1. The van der Waals surface area contributed by atoms with E-state index in [0.717, 1.165) is 23.4 Å². The van der Waals surface area contributed by atoms with E-state index >= 15 is 0 Å². The lowest BCUT2D eigenvalue weighted by Gasteiger charge is -2.05. The van der Waals surface area contributed by atoms with Crippen molar-refractivity contribution in [2.75, 3.05) is 6.61 Å². The van der Waals surface area contributed by atoms with Gasteiger partial charge in [0.15, 0.2) is 0 Å². The summed E-state index contributed by atoms with van der Waals surface area (Å²) in [6.45, 7) is 0.540. The number of nitrogens with zero attached hydrogens (tertiary/aromatic N) is 3. The molecule has 2 rings (SSSR count). The number of hydrogen-bond acceptors (Lipinski definition) is 4. The average molecular weight is 289 g/mol. The third-order valence-corrected chi connectivity index (χ3v) is 2.92. The van der Waals surface area contributed by atoms with Gasteiger partial charge in [0, 0.05) is 12.6 Å². The molecule has 0 aliphatic heterocycles. The van der Waals surface area contributed by atoms with E-state index in [-0.39, 0.29) is 0 Å². The molecule has 0 amide bonds. The smallest absolute Gasteiger partial charge is 0.119 e. The molecule has 0 fully saturated rings. The molecule has 0 atom stereocenters. The van der Waals surface area contributed by atoms with Gasteiger partial charge in [0.25, 0.3) is 0 Å². The van der Waals surface area contributed by atoms with E-state index in [1.807, 2.05) is 42.5 Å². The fraction of sp³-hybridized carbons (Fsp3) is 0.167. The zero-order valence-electron chi connectivity index (χ0n) is 12.1. The Bertz CT molecular complexity index is 721. The number of benzene rings is 1. The van der Waals surface area contributed by atoms with Crippen molar-refractivity contribution in [3.63, 3.8) is 0 Å². The summed E-state index contributed by atoms with van der Waals surface area (Å²) in [6.07, 6.45) is 6.61. The zero-order chi connectivity index (χ0) is 15.6. The lowest BCUT2D eigenvalue weighted by Crippen LogP contribution is -1.96. The Morgan fingerprint density at radius 2 is 2.05 bits per heavy atom. The zero-order valence-corrected chi connectivity index (χ0v) is 12.1. The molecule has 4 heteroatoms. The summed E-state index contributed by atoms with van der Waals surface area (Å²) in [7, 11) is 0. The van der Waals surface area contributed by atoms with Crippen LogP contribution in [0.5, 0.6) is 5.75 Å². The Morgan fingerprint density at radius 3 is 2.77 bits per heavy atom. The van der Waals surface area contributed by atoms with Gasteiger partial charge in [0.05, 0.1) is 23.9 Å². The van der Waals surface area contributed by atoms with Crippen LogP contribution in [0.15, 0.2) is 42.6 Å². The topological polar surface area (TPSA) is 69.7 Å². The van der Waals surface area contributed by atoms with Gasteiger partial charge < -0.3 is 4.74 Å². The molecule has 4 nitrogen and oxygen atoms in total.